The highest BCUT2D eigenvalue weighted by Gasteiger charge is 2.37. The summed E-state index contributed by atoms with van der Waals surface area (Å²) in [5, 5.41) is 6.83. The molecule has 1 aliphatic heterocycles. The Morgan fingerprint density at radius 2 is 1.74 bits per heavy atom. The van der Waals surface area contributed by atoms with Gasteiger partial charge in [-0.05, 0) is 59.9 Å². The third-order valence-electron chi connectivity index (χ3n) is 3.66. The molecule has 1 rings (SSSR count). The van der Waals surface area contributed by atoms with Gasteiger partial charge in [-0.25, -0.2) is 0 Å². The Morgan fingerprint density at radius 3 is 2.26 bits per heavy atom. The van der Waals surface area contributed by atoms with E-state index in [-0.39, 0.29) is 23.0 Å². The first-order valence-electron chi connectivity index (χ1n) is 7.53. The van der Waals surface area contributed by atoms with Crippen molar-refractivity contribution in [1.82, 2.24) is 10.6 Å². The van der Waals surface area contributed by atoms with Crippen molar-refractivity contribution in [2.75, 3.05) is 6.54 Å². The Bertz CT molecular complexity index is 284. The molecule has 0 radical (unpaired) electrons. The monoisotopic (exact) mass is 269 g/mol. The van der Waals surface area contributed by atoms with Crippen molar-refractivity contribution in [3.8, 4) is 0 Å². The largest absolute Gasteiger partial charge is 0.353 e. The Balaban J connectivity index is 2.37. The van der Waals surface area contributed by atoms with Gasteiger partial charge in [0.2, 0.25) is 5.91 Å². The van der Waals surface area contributed by atoms with Crippen LogP contribution in [0.5, 0.6) is 0 Å². The number of nitrogens with one attached hydrogen (secondary N) is 2. The third-order valence-corrected chi connectivity index (χ3v) is 3.66. The van der Waals surface area contributed by atoms with Gasteiger partial charge in [-0.3, -0.25) is 4.79 Å². The fourth-order valence-electron chi connectivity index (χ4n) is 3.33. The zero-order valence-electron chi connectivity index (χ0n) is 13.0. The van der Waals surface area contributed by atoms with Crippen molar-refractivity contribution in [2.24, 2.45) is 5.73 Å². The van der Waals surface area contributed by atoms with E-state index in [2.05, 4.69) is 38.3 Å². The first-order chi connectivity index (χ1) is 8.74. The van der Waals surface area contributed by atoms with Crippen LogP contribution in [0.2, 0.25) is 0 Å². The molecule has 4 N–H and O–H groups in total. The molecule has 1 amide bonds. The van der Waals surface area contributed by atoms with E-state index in [9.17, 15) is 4.79 Å². The molecule has 0 aromatic rings. The van der Waals surface area contributed by atoms with Crippen molar-refractivity contribution >= 4 is 5.91 Å². The van der Waals surface area contributed by atoms with Crippen LogP contribution in [0.3, 0.4) is 0 Å². The van der Waals surface area contributed by atoms with Crippen LogP contribution in [-0.4, -0.2) is 29.6 Å². The van der Waals surface area contributed by atoms with Crippen LogP contribution in [0.15, 0.2) is 0 Å². The van der Waals surface area contributed by atoms with Gasteiger partial charge in [-0.2, -0.15) is 0 Å². The molecule has 0 atom stereocenters. The third kappa shape index (κ3) is 6.39. The smallest absolute Gasteiger partial charge is 0.220 e. The molecule has 1 heterocycles. The van der Waals surface area contributed by atoms with Gasteiger partial charge in [0.05, 0.1) is 0 Å². The molecule has 0 aromatic heterocycles. The summed E-state index contributed by atoms with van der Waals surface area (Å²) in [5.41, 5.74) is 5.61. The van der Waals surface area contributed by atoms with E-state index in [4.69, 9.17) is 5.73 Å². The average molecular weight is 269 g/mol. The maximum absolute atomic E-state index is 11.9. The van der Waals surface area contributed by atoms with Crippen LogP contribution in [0, 0.1) is 0 Å². The quantitative estimate of drug-likeness (QED) is 0.645. The Hall–Kier alpha value is -0.610. The second-order valence-electron chi connectivity index (χ2n) is 7.16. The van der Waals surface area contributed by atoms with E-state index < -0.39 is 0 Å². The minimum Gasteiger partial charge on any atom is -0.353 e. The molecule has 112 valence electrons. The van der Waals surface area contributed by atoms with Gasteiger partial charge in [-0.1, -0.05) is 6.42 Å². The van der Waals surface area contributed by atoms with Crippen molar-refractivity contribution < 1.29 is 4.79 Å². The van der Waals surface area contributed by atoms with Gasteiger partial charge < -0.3 is 16.4 Å². The van der Waals surface area contributed by atoms with Crippen LogP contribution in [0.25, 0.3) is 0 Å². The zero-order chi connectivity index (χ0) is 14.5. The topological polar surface area (TPSA) is 67.2 Å². The molecule has 0 aliphatic carbocycles. The highest BCUT2D eigenvalue weighted by Crippen LogP contribution is 2.28. The number of amides is 1. The Morgan fingerprint density at radius 1 is 1.16 bits per heavy atom. The van der Waals surface area contributed by atoms with E-state index in [1.54, 1.807) is 0 Å². The minimum atomic E-state index is 0.0826. The molecule has 0 aromatic carbocycles. The van der Waals surface area contributed by atoms with Crippen LogP contribution in [0.1, 0.15) is 66.2 Å². The summed E-state index contributed by atoms with van der Waals surface area (Å²) in [6.45, 7) is 9.53. The summed E-state index contributed by atoms with van der Waals surface area (Å²) in [4.78, 5) is 11.9. The van der Waals surface area contributed by atoms with E-state index >= 15 is 0 Å². The van der Waals surface area contributed by atoms with Crippen LogP contribution >= 0.6 is 0 Å². The van der Waals surface area contributed by atoms with E-state index in [0.717, 1.165) is 38.6 Å². The van der Waals surface area contributed by atoms with E-state index in [0.29, 0.717) is 6.42 Å². The number of piperidine rings is 1. The van der Waals surface area contributed by atoms with Gasteiger partial charge in [0, 0.05) is 23.5 Å². The molecule has 1 aliphatic rings. The fourth-order valence-corrected chi connectivity index (χ4v) is 3.33. The average Bonchev–Trinajstić information content (AvgIpc) is 2.19. The fraction of sp³-hybridized carbons (Fsp3) is 0.933. The molecule has 4 nitrogen and oxygen atoms in total. The maximum atomic E-state index is 11.9. The van der Waals surface area contributed by atoms with Crippen LogP contribution in [-0.2, 0) is 4.79 Å². The summed E-state index contributed by atoms with van der Waals surface area (Å²) in [6, 6.07) is 0.285. The lowest BCUT2D eigenvalue weighted by molar-refractivity contribution is -0.122. The minimum absolute atomic E-state index is 0.0826. The van der Waals surface area contributed by atoms with E-state index in [1.165, 1.54) is 0 Å². The summed E-state index contributed by atoms with van der Waals surface area (Å²) in [6.07, 6.45) is 5.62. The summed E-state index contributed by atoms with van der Waals surface area (Å²) < 4.78 is 0. The molecule has 19 heavy (non-hydrogen) atoms. The second kappa shape index (κ2) is 6.71. The SMILES string of the molecule is CC1(C)CC(NC(=O)CCCCCN)CC(C)(C)N1. The van der Waals surface area contributed by atoms with Gasteiger partial charge in [0.25, 0.3) is 0 Å². The summed E-state index contributed by atoms with van der Waals surface area (Å²) in [5.74, 6) is 0.190. The van der Waals surface area contributed by atoms with Gasteiger partial charge in [0.1, 0.15) is 0 Å². The summed E-state index contributed by atoms with van der Waals surface area (Å²) in [7, 11) is 0. The number of hydrogen-bond donors (Lipinski definition) is 3. The number of carbonyl (C=O) groups is 1. The molecular weight excluding hydrogens is 238 g/mol. The molecule has 0 bridgehead atoms. The lowest BCUT2D eigenvalue weighted by atomic mass is 9.79. The molecular formula is C15H31N3O. The predicted molar refractivity (Wildman–Crippen MR) is 80.0 cm³/mol. The van der Waals surface area contributed by atoms with Gasteiger partial charge in [0.15, 0.2) is 0 Å². The number of rotatable bonds is 6. The molecule has 0 saturated carbocycles. The number of nitrogens with two attached hydrogens (primary N) is 1. The number of unbranched alkanes of at least 4 members (excludes halogenated alkanes) is 2. The normalized spacial score (nSPS) is 22.2. The van der Waals surface area contributed by atoms with Crippen LogP contribution < -0.4 is 16.4 Å². The highest BCUT2D eigenvalue weighted by molar-refractivity contribution is 5.76. The van der Waals surface area contributed by atoms with Crippen molar-refractivity contribution in [3.63, 3.8) is 0 Å². The van der Waals surface area contributed by atoms with Crippen molar-refractivity contribution in [1.29, 1.82) is 0 Å². The molecule has 1 saturated heterocycles. The molecule has 0 spiro atoms. The number of hydrogen-bond acceptors (Lipinski definition) is 3. The van der Waals surface area contributed by atoms with Gasteiger partial charge >= 0.3 is 0 Å². The molecule has 1 fully saturated rings. The molecule has 4 heteroatoms. The van der Waals surface area contributed by atoms with Crippen LogP contribution in [0.4, 0.5) is 0 Å². The summed E-state index contributed by atoms with van der Waals surface area (Å²) >= 11 is 0. The predicted octanol–water partition coefficient (Wildman–Crippen LogP) is 1.93. The standard InChI is InChI=1S/C15H31N3O/c1-14(2)10-12(11-15(3,4)18-14)17-13(19)8-6-5-7-9-16/h12,18H,5-11,16H2,1-4H3,(H,17,19). The number of carbonyl (C=O) groups excluding carboxylic acids is 1. The lowest BCUT2D eigenvalue weighted by Gasteiger charge is -2.46. The Labute approximate surface area is 117 Å². The first-order valence-corrected chi connectivity index (χ1v) is 7.53. The van der Waals surface area contributed by atoms with E-state index in [1.807, 2.05) is 0 Å². The molecule has 0 unspecified atom stereocenters. The maximum Gasteiger partial charge on any atom is 0.220 e. The second-order valence-corrected chi connectivity index (χ2v) is 7.16. The van der Waals surface area contributed by atoms with Gasteiger partial charge in [-0.15, -0.1) is 0 Å². The van der Waals surface area contributed by atoms with Crippen molar-refractivity contribution in [3.05, 3.63) is 0 Å². The highest BCUT2D eigenvalue weighted by atomic mass is 16.1. The lowest BCUT2D eigenvalue weighted by Crippen LogP contribution is -2.62. The zero-order valence-corrected chi connectivity index (χ0v) is 13.0. The van der Waals surface area contributed by atoms with Crippen molar-refractivity contribution in [2.45, 2.75) is 83.3 Å². The Kier molecular flexibility index (Phi) is 5.81. The first kappa shape index (κ1) is 16.4.